The van der Waals surface area contributed by atoms with Crippen LogP contribution in [0.4, 0.5) is 18.9 Å². The number of hydrogen-bond donors (Lipinski definition) is 1. The Labute approximate surface area is 108 Å². The molecule has 1 aliphatic heterocycles. The van der Waals surface area contributed by atoms with Gasteiger partial charge in [0.2, 0.25) is 0 Å². The third-order valence-corrected chi connectivity index (χ3v) is 3.42. The van der Waals surface area contributed by atoms with E-state index in [2.05, 4.69) is 0 Å². The number of anilines is 1. The Bertz CT molecular complexity index is 499. The Balaban J connectivity index is 2.45. The van der Waals surface area contributed by atoms with Gasteiger partial charge in [-0.2, -0.15) is 13.2 Å². The number of alkyl halides is 3. The minimum absolute atomic E-state index is 0.221. The second kappa shape index (κ2) is 4.75. The Kier molecular flexibility index (Phi) is 3.43. The van der Waals surface area contributed by atoms with Gasteiger partial charge in [-0.3, -0.25) is 0 Å². The lowest BCUT2D eigenvalue weighted by Crippen LogP contribution is -2.26. The van der Waals surface area contributed by atoms with Crippen LogP contribution < -0.4 is 4.90 Å². The van der Waals surface area contributed by atoms with Crippen LogP contribution in [0.3, 0.4) is 0 Å². The van der Waals surface area contributed by atoms with Crippen molar-refractivity contribution in [1.82, 2.24) is 0 Å². The fourth-order valence-corrected chi connectivity index (χ4v) is 2.45. The van der Waals surface area contributed by atoms with Gasteiger partial charge in [0.05, 0.1) is 11.1 Å². The van der Waals surface area contributed by atoms with Crippen LogP contribution in [0.15, 0.2) is 18.2 Å². The first-order valence-corrected chi connectivity index (χ1v) is 6.02. The van der Waals surface area contributed by atoms with Crippen LogP contribution in [0.25, 0.3) is 0 Å². The van der Waals surface area contributed by atoms with Crippen molar-refractivity contribution in [3.8, 4) is 0 Å². The topological polar surface area (TPSA) is 40.5 Å². The number of nitrogens with zero attached hydrogens (tertiary/aromatic N) is 1. The van der Waals surface area contributed by atoms with Gasteiger partial charge >= 0.3 is 12.1 Å². The fraction of sp³-hybridized carbons (Fsp3) is 0.462. The van der Waals surface area contributed by atoms with Gasteiger partial charge in [-0.05, 0) is 38.0 Å². The molecule has 0 spiro atoms. The van der Waals surface area contributed by atoms with Gasteiger partial charge in [0.15, 0.2) is 0 Å². The highest BCUT2D eigenvalue weighted by Crippen LogP contribution is 2.35. The van der Waals surface area contributed by atoms with Crippen molar-refractivity contribution in [3.63, 3.8) is 0 Å². The summed E-state index contributed by atoms with van der Waals surface area (Å²) < 4.78 is 38.2. The molecule has 1 atom stereocenters. The van der Waals surface area contributed by atoms with E-state index in [0.717, 1.165) is 31.5 Å². The van der Waals surface area contributed by atoms with Gasteiger partial charge in [0.25, 0.3) is 0 Å². The van der Waals surface area contributed by atoms with Crippen LogP contribution in [0.2, 0.25) is 0 Å². The van der Waals surface area contributed by atoms with Crippen LogP contribution in [0, 0.1) is 0 Å². The lowest BCUT2D eigenvalue weighted by atomic mass is 10.1. The first-order chi connectivity index (χ1) is 8.80. The standard InChI is InChI=1S/C13H14F3NO2/c1-8-3-2-6-17(8)9-4-5-11(13(14,15)16)10(7-9)12(18)19/h4-5,7-8H,2-3,6H2,1H3,(H,18,19). The minimum atomic E-state index is -4.65. The van der Waals surface area contributed by atoms with Gasteiger partial charge in [0, 0.05) is 18.3 Å². The van der Waals surface area contributed by atoms with Crippen molar-refractivity contribution in [3.05, 3.63) is 29.3 Å². The molecule has 6 heteroatoms. The zero-order valence-electron chi connectivity index (χ0n) is 10.4. The van der Waals surface area contributed by atoms with E-state index in [0.29, 0.717) is 5.69 Å². The number of rotatable bonds is 2. The van der Waals surface area contributed by atoms with Crippen LogP contribution in [0.5, 0.6) is 0 Å². The maximum atomic E-state index is 12.7. The summed E-state index contributed by atoms with van der Waals surface area (Å²) in [6.45, 7) is 2.72. The smallest absolute Gasteiger partial charge is 0.417 e. The van der Waals surface area contributed by atoms with E-state index in [1.807, 2.05) is 11.8 Å². The molecule has 19 heavy (non-hydrogen) atoms. The monoisotopic (exact) mass is 273 g/mol. The number of hydrogen-bond acceptors (Lipinski definition) is 2. The van der Waals surface area contributed by atoms with Crippen LogP contribution in [-0.4, -0.2) is 23.7 Å². The Morgan fingerprint density at radius 2 is 2.11 bits per heavy atom. The molecule has 1 aliphatic rings. The Hall–Kier alpha value is -1.72. The summed E-state index contributed by atoms with van der Waals surface area (Å²) in [4.78, 5) is 12.9. The van der Waals surface area contributed by atoms with E-state index in [4.69, 9.17) is 5.11 Å². The van der Waals surface area contributed by atoms with E-state index in [9.17, 15) is 18.0 Å². The lowest BCUT2D eigenvalue weighted by molar-refractivity contribution is -0.138. The molecule has 0 radical (unpaired) electrons. The van der Waals surface area contributed by atoms with Crippen LogP contribution in [0.1, 0.15) is 35.7 Å². The molecule has 0 bridgehead atoms. The van der Waals surface area contributed by atoms with Crippen LogP contribution >= 0.6 is 0 Å². The predicted octanol–water partition coefficient (Wildman–Crippen LogP) is 3.39. The van der Waals surface area contributed by atoms with E-state index in [1.54, 1.807) is 0 Å². The van der Waals surface area contributed by atoms with Crippen LogP contribution in [-0.2, 0) is 6.18 Å². The summed E-state index contributed by atoms with van der Waals surface area (Å²) in [5, 5.41) is 8.94. The summed E-state index contributed by atoms with van der Waals surface area (Å²) in [5.41, 5.74) is -1.25. The Morgan fingerprint density at radius 1 is 1.42 bits per heavy atom. The van der Waals surface area contributed by atoms with Crippen molar-refractivity contribution in [2.45, 2.75) is 32.0 Å². The maximum Gasteiger partial charge on any atom is 0.417 e. The summed E-state index contributed by atoms with van der Waals surface area (Å²) in [6.07, 6.45) is -2.73. The van der Waals surface area contributed by atoms with Crippen molar-refractivity contribution in [2.24, 2.45) is 0 Å². The summed E-state index contributed by atoms with van der Waals surface area (Å²) in [5.74, 6) is -1.55. The molecule has 1 heterocycles. The Morgan fingerprint density at radius 3 is 2.58 bits per heavy atom. The first kappa shape index (κ1) is 13.7. The molecule has 1 aromatic carbocycles. The summed E-state index contributed by atoms with van der Waals surface area (Å²) in [7, 11) is 0. The third-order valence-electron chi connectivity index (χ3n) is 3.42. The van der Waals surface area contributed by atoms with Gasteiger partial charge in [0.1, 0.15) is 0 Å². The average molecular weight is 273 g/mol. The summed E-state index contributed by atoms with van der Waals surface area (Å²) >= 11 is 0. The lowest BCUT2D eigenvalue weighted by Gasteiger charge is -2.24. The second-order valence-corrected chi connectivity index (χ2v) is 4.72. The summed E-state index contributed by atoms with van der Waals surface area (Å²) in [6, 6.07) is 3.53. The van der Waals surface area contributed by atoms with Gasteiger partial charge in [-0.25, -0.2) is 4.79 Å². The van der Waals surface area contributed by atoms with Gasteiger partial charge < -0.3 is 10.0 Å². The number of aromatic carboxylic acids is 1. The highest BCUT2D eigenvalue weighted by molar-refractivity contribution is 5.91. The third kappa shape index (κ3) is 2.67. The minimum Gasteiger partial charge on any atom is -0.478 e. The van der Waals surface area contributed by atoms with Gasteiger partial charge in [-0.15, -0.1) is 0 Å². The molecule has 1 N–H and O–H groups in total. The van der Waals surface area contributed by atoms with Crippen molar-refractivity contribution in [1.29, 1.82) is 0 Å². The molecule has 0 saturated carbocycles. The van der Waals surface area contributed by atoms with Gasteiger partial charge in [-0.1, -0.05) is 0 Å². The highest BCUT2D eigenvalue weighted by atomic mass is 19.4. The first-order valence-electron chi connectivity index (χ1n) is 6.02. The van der Waals surface area contributed by atoms with E-state index in [1.165, 1.54) is 6.07 Å². The van der Waals surface area contributed by atoms with Crippen molar-refractivity contribution in [2.75, 3.05) is 11.4 Å². The quantitative estimate of drug-likeness (QED) is 0.897. The fourth-order valence-electron chi connectivity index (χ4n) is 2.45. The van der Waals surface area contributed by atoms with E-state index >= 15 is 0 Å². The molecule has 1 aromatic rings. The molecule has 3 nitrogen and oxygen atoms in total. The average Bonchev–Trinajstić information content (AvgIpc) is 2.73. The normalized spacial score (nSPS) is 19.8. The molecule has 0 aliphatic carbocycles. The molecule has 1 fully saturated rings. The molecule has 0 amide bonds. The zero-order chi connectivity index (χ0) is 14.2. The zero-order valence-corrected chi connectivity index (χ0v) is 10.4. The second-order valence-electron chi connectivity index (χ2n) is 4.72. The highest BCUT2D eigenvalue weighted by Gasteiger charge is 2.36. The molecule has 0 aromatic heterocycles. The van der Waals surface area contributed by atoms with E-state index < -0.39 is 23.3 Å². The molecule has 1 unspecified atom stereocenters. The number of benzene rings is 1. The number of halogens is 3. The van der Waals surface area contributed by atoms with Crippen molar-refractivity contribution < 1.29 is 23.1 Å². The molecule has 2 rings (SSSR count). The van der Waals surface area contributed by atoms with Crippen molar-refractivity contribution >= 4 is 11.7 Å². The molecule has 1 saturated heterocycles. The number of carbonyl (C=O) groups is 1. The maximum absolute atomic E-state index is 12.7. The molecule has 104 valence electrons. The number of carboxylic acid groups (broad SMARTS) is 1. The number of carboxylic acids is 1. The molecular weight excluding hydrogens is 259 g/mol. The SMILES string of the molecule is CC1CCCN1c1ccc(C(F)(F)F)c(C(=O)O)c1. The largest absolute Gasteiger partial charge is 0.478 e. The predicted molar refractivity (Wildman–Crippen MR) is 64.4 cm³/mol. The van der Waals surface area contributed by atoms with E-state index in [-0.39, 0.29) is 6.04 Å². The molecular formula is C13H14F3NO2.